The molecule has 2 rings (SSSR count). The Balaban J connectivity index is 1.86. The molecule has 0 bridgehead atoms. The molecule has 66 valence electrons. The smallest absolute Gasteiger partial charge is 0.157 e. The van der Waals surface area contributed by atoms with Crippen molar-refractivity contribution >= 4 is 0 Å². The van der Waals surface area contributed by atoms with E-state index in [9.17, 15) is 0 Å². The van der Waals surface area contributed by atoms with Crippen LogP contribution in [0, 0.1) is 0 Å². The Kier molecular flexibility index (Phi) is 2.32. The molecule has 0 saturated carbocycles. The van der Waals surface area contributed by atoms with Crippen LogP contribution in [0.4, 0.5) is 0 Å². The predicted octanol–water partition coefficient (Wildman–Crippen LogP) is 1.41. The third-order valence-corrected chi connectivity index (χ3v) is 2.08. The van der Waals surface area contributed by atoms with Gasteiger partial charge in [0.05, 0.1) is 6.26 Å². The average molecular weight is 167 g/mol. The topological polar surface area (TPSA) is 34.4 Å². The molecule has 1 aliphatic rings. The molecule has 1 aromatic heterocycles. The lowest BCUT2D eigenvalue weighted by Crippen LogP contribution is -2.34. The minimum Gasteiger partial charge on any atom is -0.487 e. The molecular formula is C9H13NO2. The summed E-state index contributed by atoms with van der Waals surface area (Å²) in [7, 11) is 0. The molecule has 3 heteroatoms. The lowest BCUT2D eigenvalue weighted by molar-refractivity contribution is 0.161. The highest BCUT2D eigenvalue weighted by molar-refractivity contribution is 5.13. The molecular weight excluding hydrogens is 154 g/mol. The number of rotatable bonds is 2. The van der Waals surface area contributed by atoms with Crippen LogP contribution >= 0.6 is 0 Å². The van der Waals surface area contributed by atoms with Crippen molar-refractivity contribution in [2.45, 2.75) is 18.9 Å². The summed E-state index contributed by atoms with van der Waals surface area (Å²) in [4.78, 5) is 0. The van der Waals surface area contributed by atoms with Crippen LogP contribution in [0.2, 0.25) is 0 Å². The van der Waals surface area contributed by atoms with Gasteiger partial charge >= 0.3 is 0 Å². The first kappa shape index (κ1) is 7.68. The van der Waals surface area contributed by atoms with Crippen molar-refractivity contribution < 1.29 is 9.15 Å². The summed E-state index contributed by atoms with van der Waals surface area (Å²) < 4.78 is 10.6. The van der Waals surface area contributed by atoms with Gasteiger partial charge in [0.15, 0.2) is 5.75 Å². The fraction of sp³-hybridized carbons (Fsp3) is 0.556. The maximum absolute atomic E-state index is 5.66. The maximum atomic E-state index is 5.66. The van der Waals surface area contributed by atoms with Gasteiger partial charge in [0.25, 0.3) is 0 Å². The van der Waals surface area contributed by atoms with Gasteiger partial charge in [-0.2, -0.15) is 0 Å². The molecule has 0 atom stereocenters. The minimum atomic E-state index is 0.365. The van der Waals surface area contributed by atoms with E-state index < -0.39 is 0 Å². The highest BCUT2D eigenvalue weighted by atomic mass is 16.5. The van der Waals surface area contributed by atoms with Gasteiger partial charge in [-0.15, -0.1) is 0 Å². The van der Waals surface area contributed by atoms with E-state index in [1.165, 1.54) is 0 Å². The summed E-state index contributed by atoms with van der Waals surface area (Å²) in [6, 6.07) is 1.85. The van der Waals surface area contributed by atoms with Gasteiger partial charge in [-0.3, -0.25) is 0 Å². The van der Waals surface area contributed by atoms with E-state index in [0.717, 1.165) is 31.7 Å². The van der Waals surface area contributed by atoms with Gasteiger partial charge in [0.2, 0.25) is 0 Å². The molecule has 1 N–H and O–H groups in total. The maximum Gasteiger partial charge on any atom is 0.157 e. The second kappa shape index (κ2) is 3.63. The van der Waals surface area contributed by atoms with Crippen LogP contribution in [-0.2, 0) is 0 Å². The van der Waals surface area contributed by atoms with Gasteiger partial charge in [-0.05, 0) is 25.9 Å². The van der Waals surface area contributed by atoms with Crippen molar-refractivity contribution in [1.29, 1.82) is 0 Å². The molecule has 1 aromatic rings. The summed E-state index contributed by atoms with van der Waals surface area (Å²) in [6.07, 6.45) is 5.82. The molecule has 0 radical (unpaired) electrons. The van der Waals surface area contributed by atoms with Gasteiger partial charge in [0.1, 0.15) is 12.4 Å². The van der Waals surface area contributed by atoms with E-state index in [-0.39, 0.29) is 0 Å². The van der Waals surface area contributed by atoms with Crippen LogP contribution in [0.1, 0.15) is 12.8 Å². The predicted molar refractivity (Wildman–Crippen MR) is 45.2 cm³/mol. The first-order valence-corrected chi connectivity index (χ1v) is 4.35. The SMILES string of the molecule is c1cc(OC2CCNCC2)co1. The summed E-state index contributed by atoms with van der Waals surface area (Å²) in [5.41, 5.74) is 0. The van der Waals surface area contributed by atoms with E-state index in [0.29, 0.717) is 6.10 Å². The molecule has 0 amide bonds. The molecule has 1 saturated heterocycles. The lowest BCUT2D eigenvalue weighted by Gasteiger charge is -2.22. The van der Waals surface area contributed by atoms with Crippen molar-refractivity contribution in [2.24, 2.45) is 0 Å². The van der Waals surface area contributed by atoms with E-state index in [1.54, 1.807) is 12.5 Å². The van der Waals surface area contributed by atoms with Gasteiger partial charge in [-0.25, -0.2) is 0 Å². The van der Waals surface area contributed by atoms with Crippen LogP contribution in [-0.4, -0.2) is 19.2 Å². The monoisotopic (exact) mass is 167 g/mol. The van der Waals surface area contributed by atoms with E-state index >= 15 is 0 Å². The van der Waals surface area contributed by atoms with Crippen molar-refractivity contribution in [3.8, 4) is 5.75 Å². The Labute approximate surface area is 71.7 Å². The zero-order valence-electron chi connectivity index (χ0n) is 6.95. The van der Waals surface area contributed by atoms with Crippen molar-refractivity contribution in [3.63, 3.8) is 0 Å². The second-order valence-electron chi connectivity index (χ2n) is 3.03. The Morgan fingerprint density at radius 1 is 1.42 bits per heavy atom. The standard InChI is InChI=1S/C9H13NO2/c1-4-10-5-2-8(1)12-9-3-6-11-7-9/h3,6-8,10H,1-2,4-5H2. The zero-order valence-corrected chi connectivity index (χ0v) is 6.95. The fourth-order valence-electron chi connectivity index (χ4n) is 1.42. The molecule has 1 aliphatic heterocycles. The first-order chi connectivity index (χ1) is 5.95. The minimum absolute atomic E-state index is 0.365. The molecule has 0 aromatic carbocycles. The first-order valence-electron chi connectivity index (χ1n) is 4.35. The Morgan fingerprint density at radius 3 is 2.92 bits per heavy atom. The molecule has 0 unspecified atom stereocenters. The molecule has 12 heavy (non-hydrogen) atoms. The Bertz CT molecular complexity index is 214. The zero-order chi connectivity index (χ0) is 8.23. The molecule has 0 spiro atoms. The average Bonchev–Trinajstić information content (AvgIpc) is 2.59. The molecule has 1 fully saturated rings. The van der Waals surface area contributed by atoms with Crippen LogP contribution in [0.5, 0.6) is 5.75 Å². The lowest BCUT2D eigenvalue weighted by atomic mass is 10.1. The number of hydrogen-bond donors (Lipinski definition) is 1. The number of hydrogen-bond acceptors (Lipinski definition) is 3. The van der Waals surface area contributed by atoms with Gasteiger partial charge in [-0.1, -0.05) is 0 Å². The van der Waals surface area contributed by atoms with Crippen molar-refractivity contribution in [2.75, 3.05) is 13.1 Å². The van der Waals surface area contributed by atoms with E-state index in [1.807, 2.05) is 6.07 Å². The van der Waals surface area contributed by atoms with E-state index in [2.05, 4.69) is 5.32 Å². The van der Waals surface area contributed by atoms with Gasteiger partial charge in [0, 0.05) is 6.07 Å². The fourth-order valence-corrected chi connectivity index (χ4v) is 1.42. The molecule has 2 heterocycles. The van der Waals surface area contributed by atoms with Crippen LogP contribution in [0.15, 0.2) is 23.0 Å². The normalized spacial score (nSPS) is 19.3. The highest BCUT2D eigenvalue weighted by Gasteiger charge is 2.14. The largest absolute Gasteiger partial charge is 0.487 e. The summed E-state index contributed by atoms with van der Waals surface area (Å²) in [5, 5.41) is 3.29. The van der Waals surface area contributed by atoms with Crippen LogP contribution < -0.4 is 10.1 Å². The number of ether oxygens (including phenoxy) is 1. The quantitative estimate of drug-likeness (QED) is 0.723. The van der Waals surface area contributed by atoms with E-state index in [4.69, 9.17) is 9.15 Å². The number of furan rings is 1. The second-order valence-corrected chi connectivity index (χ2v) is 3.03. The summed E-state index contributed by atoms with van der Waals surface area (Å²) in [6.45, 7) is 2.12. The van der Waals surface area contributed by atoms with Crippen molar-refractivity contribution in [1.82, 2.24) is 5.32 Å². The van der Waals surface area contributed by atoms with Crippen LogP contribution in [0.25, 0.3) is 0 Å². The van der Waals surface area contributed by atoms with Crippen molar-refractivity contribution in [3.05, 3.63) is 18.6 Å². The van der Waals surface area contributed by atoms with Crippen LogP contribution in [0.3, 0.4) is 0 Å². The molecule has 3 nitrogen and oxygen atoms in total. The highest BCUT2D eigenvalue weighted by Crippen LogP contribution is 2.16. The summed E-state index contributed by atoms with van der Waals surface area (Å²) in [5.74, 6) is 0.849. The molecule has 0 aliphatic carbocycles. The number of piperidine rings is 1. The Hall–Kier alpha value is -0.960. The Morgan fingerprint density at radius 2 is 2.25 bits per heavy atom. The van der Waals surface area contributed by atoms with Gasteiger partial charge < -0.3 is 14.5 Å². The summed E-state index contributed by atoms with van der Waals surface area (Å²) >= 11 is 0. The third kappa shape index (κ3) is 1.80. The number of nitrogens with one attached hydrogen (secondary N) is 1. The third-order valence-electron chi connectivity index (χ3n) is 2.08.